The van der Waals surface area contributed by atoms with Gasteiger partial charge in [0.15, 0.2) is 0 Å². The Labute approximate surface area is 184 Å². The minimum atomic E-state index is -0.819. The summed E-state index contributed by atoms with van der Waals surface area (Å²) in [5, 5.41) is 2.85. The second kappa shape index (κ2) is 8.07. The van der Waals surface area contributed by atoms with Gasteiger partial charge in [-0.2, -0.15) is 0 Å². The molecule has 0 bridgehead atoms. The Morgan fingerprint density at radius 3 is 2.28 bits per heavy atom. The third-order valence-corrected chi connectivity index (χ3v) is 5.70. The van der Waals surface area contributed by atoms with E-state index in [4.69, 9.17) is 5.73 Å². The Kier molecular flexibility index (Phi) is 5.42. The summed E-state index contributed by atoms with van der Waals surface area (Å²) in [6.45, 7) is 3.91. The van der Waals surface area contributed by atoms with E-state index in [2.05, 4.69) is 5.32 Å². The maximum Gasteiger partial charge on any atom is 0.251 e. The summed E-state index contributed by atoms with van der Waals surface area (Å²) >= 11 is 0. The van der Waals surface area contributed by atoms with Gasteiger partial charge in [-0.25, -0.2) is 8.78 Å². The van der Waals surface area contributed by atoms with Crippen molar-refractivity contribution in [2.24, 2.45) is 0 Å². The van der Waals surface area contributed by atoms with Crippen LogP contribution in [-0.2, 0) is 23.3 Å². The van der Waals surface area contributed by atoms with Gasteiger partial charge >= 0.3 is 0 Å². The molecule has 1 aliphatic heterocycles. The van der Waals surface area contributed by atoms with Crippen LogP contribution in [0, 0.1) is 11.6 Å². The van der Waals surface area contributed by atoms with Gasteiger partial charge in [0.1, 0.15) is 11.6 Å². The number of fused-ring (bicyclic) bond motifs is 1. The van der Waals surface area contributed by atoms with E-state index >= 15 is 0 Å². The van der Waals surface area contributed by atoms with Crippen molar-refractivity contribution in [1.82, 2.24) is 5.32 Å². The minimum Gasteiger partial charge on any atom is -0.399 e. The summed E-state index contributed by atoms with van der Waals surface area (Å²) in [7, 11) is 0. The van der Waals surface area contributed by atoms with Gasteiger partial charge < -0.3 is 16.0 Å². The molecule has 0 spiro atoms. The molecule has 7 heteroatoms. The molecular weight excluding hydrogens is 412 g/mol. The topological polar surface area (TPSA) is 75.4 Å². The Hall–Kier alpha value is -3.74. The van der Waals surface area contributed by atoms with Crippen LogP contribution in [0.2, 0.25) is 0 Å². The Morgan fingerprint density at radius 2 is 1.62 bits per heavy atom. The summed E-state index contributed by atoms with van der Waals surface area (Å²) < 4.78 is 27.3. The maximum atomic E-state index is 13.7. The molecule has 4 rings (SSSR count). The molecule has 0 fully saturated rings. The number of nitrogens with one attached hydrogen (secondary N) is 1. The quantitative estimate of drug-likeness (QED) is 0.587. The molecule has 0 aliphatic carbocycles. The van der Waals surface area contributed by atoms with Crippen molar-refractivity contribution in [2.45, 2.75) is 32.4 Å². The van der Waals surface area contributed by atoms with Crippen LogP contribution in [-0.4, -0.2) is 11.8 Å². The fourth-order valence-electron chi connectivity index (χ4n) is 3.95. The van der Waals surface area contributed by atoms with E-state index in [0.717, 1.165) is 17.2 Å². The average molecular weight is 435 g/mol. The van der Waals surface area contributed by atoms with Crippen LogP contribution < -0.4 is 16.0 Å². The highest BCUT2D eigenvalue weighted by molar-refractivity contribution is 6.08. The molecule has 0 saturated carbocycles. The van der Waals surface area contributed by atoms with Crippen LogP contribution in [0.15, 0.2) is 60.7 Å². The highest BCUT2D eigenvalue weighted by Gasteiger charge is 2.44. The van der Waals surface area contributed by atoms with Crippen LogP contribution in [0.5, 0.6) is 0 Å². The molecule has 3 N–H and O–H groups in total. The van der Waals surface area contributed by atoms with Crippen LogP contribution >= 0.6 is 0 Å². The standard InChI is InChI=1S/C25H23F2N3O2/c1-25(2)21-8-5-17(23(31)29-13-15-3-6-20(28)7-4-15)11-22(21)30(24(25)32)14-16-9-18(26)12-19(27)10-16/h3-12H,13-14,28H2,1-2H3,(H,29,31). The normalized spacial score (nSPS) is 14.4. The van der Waals surface area contributed by atoms with Gasteiger partial charge in [-0.1, -0.05) is 18.2 Å². The van der Waals surface area contributed by atoms with Crippen LogP contribution in [0.3, 0.4) is 0 Å². The number of carbonyl (C=O) groups is 2. The van der Waals surface area contributed by atoms with E-state index in [-0.39, 0.29) is 18.4 Å². The van der Waals surface area contributed by atoms with Gasteiger partial charge in [-0.15, -0.1) is 0 Å². The first-order chi connectivity index (χ1) is 15.1. The smallest absolute Gasteiger partial charge is 0.251 e. The van der Waals surface area contributed by atoms with E-state index in [0.29, 0.717) is 29.0 Å². The number of nitrogen functional groups attached to an aromatic ring is 1. The lowest BCUT2D eigenvalue weighted by Gasteiger charge is -2.20. The fraction of sp³-hybridized carbons (Fsp3) is 0.200. The largest absolute Gasteiger partial charge is 0.399 e. The second-order valence-electron chi connectivity index (χ2n) is 8.45. The van der Waals surface area contributed by atoms with Gasteiger partial charge in [0.05, 0.1) is 12.0 Å². The second-order valence-corrected chi connectivity index (χ2v) is 8.45. The lowest BCUT2D eigenvalue weighted by atomic mass is 9.86. The molecule has 0 unspecified atom stereocenters. The van der Waals surface area contributed by atoms with Gasteiger partial charge in [0, 0.05) is 29.5 Å². The Bertz CT molecular complexity index is 1190. The van der Waals surface area contributed by atoms with Gasteiger partial charge in [-0.3, -0.25) is 9.59 Å². The van der Waals surface area contributed by atoms with E-state index < -0.39 is 17.0 Å². The van der Waals surface area contributed by atoms with Crippen molar-refractivity contribution in [3.8, 4) is 0 Å². The number of benzene rings is 3. The summed E-state index contributed by atoms with van der Waals surface area (Å²) in [5.41, 5.74) is 8.45. The van der Waals surface area contributed by atoms with Crippen molar-refractivity contribution in [1.29, 1.82) is 0 Å². The van der Waals surface area contributed by atoms with Crippen molar-refractivity contribution < 1.29 is 18.4 Å². The third kappa shape index (κ3) is 4.06. The average Bonchev–Trinajstić information content (AvgIpc) is 2.92. The first-order valence-electron chi connectivity index (χ1n) is 10.2. The SMILES string of the molecule is CC1(C)C(=O)N(Cc2cc(F)cc(F)c2)c2cc(C(=O)NCc3ccc(N)cc3)ccc21. The lowest BCUT2D eigenvalue weighted by Crippen LogP contribution is -2.35. The number of rotatable bonds is 5. The number of nitrogens with zero attached hydrogens (tertiary/aromatic N) is 1. The molecule has 164 valence electrons. The number of nitrogens with two attached hydrogens (primary N) is 1. The highest BCUT2D eigenvalue weighted by atomic mass is 19.1. The monoisotopic (exact) mass is 435 g/mol. The Balaban J connectivity index is 1.60. The molecule has 3 aromatic rings. The Morgan fingerprint density at radius 1 is 0.969 bits per heavy atom. The molecule has 3 aromatic carbocycles. The van der Waals surface area contributed by atoms with Crippen LogP contribution in [0.1, 0.15) is 40.9 Å². The molecule has 1 heterocycles. The number of carbonyl (C=O) groups excluding carboxylic acids is 2. The molecule has 0 aromatic heterocycles. The summed E-state index contributed by atoms with van der Waals surface area (Å²) in [5.74, 6) is -1.90. The van der Waals surface area contributed by atoms with E-state index in [1.807, 2.05) is 12.1 Å². The molecular formula is C25H23F2N3O2. The van der Waals surface area contributed by atoms with Crippen molar-refractivity contribution in [2.75, 3.05) is 10.6 Å². The summed E-state index contributed by atoms with van der Waals surface area (Å²) in [4.78, 5) is 27.3. The zero-order valence-electron chi connectivity index (χ0n) is 17.8. The number of hydrogen-bond donors (Lipinski definition) is 2. The van der Waals surface area contributed by atoms with E-state index in [1.54, 1.807) is 44.2 Å². The van der Waals surface area contributed by atoms with Crippen LogP contribution in [0.25, 0.3) is 0 Å². The zero-order valence-corrected chi connectivity index (χ0v) is 17.8. The van der Waals surface area contributed by atoms with Crippen molar-refractivity contribution >= 4 is 23.2 Å². The molecule has 5 nitrogen and oxygen atoms in total. The fourth-order valence-corrected chi connectivity index (χ4v) is 3.95. The number of halogens is 2. The van der Waals surface area contributed by atoms with Crippen molar-refractivity contribution in [3.63, 3.8) is 0 Å². The molecule has 32 heavy (non-hydrogen) atoms. The molecule has 0 atom stereocenters. The summed E-state index contributed by atoms with van der Waals surface area (Å²) in [6, 6.07) is 15.5. The van der Waals surface area contributed by atoms with E-state index in [9.17, 15) is 18.4 Å². The number of hydrogen-bond acceptors (Lipinski definition) is 3. The summed E-state index contributed by atoms with van der Waals surface area (Å²) in [6.07, 6.45) is 0. The maximum absolute atomic E-state index is 13.7. The van der Waals surface area contributed by atoms with Gasteiger partial charge in [-0.05, 0) is 66.9 Å². The predicted octanol–water partition coefficient (Wildman–Crippen LogP) is 4.30. The molecule has 2 amide bonds. The molecule has 1 aliphatic rings. The van der Waals surface area contributed by atoms with Crippen LogP contribution in [0.4, 0.5) is 20.2 Å². The van der Waals surface area contributed by atoms with Gasteiger partial charge in [0.2, 0.25) is 5.91 Å². The number of amides is 2. The van der Waals surface area contributed by atoms with Crippen molar-refractivity contribution in [3.05, 3.63) is 94.6 Å². The lowest BCUT2D eigenvalue weighted by molar-refractivity contribution is -0.122. The first kappa shape index (κ1) is 21.5. The zero-order chi connectivity index (χ0) is 23.0. The first-order valence-corrected chi connectivity index (χ1v) is 10.2. The molecule has 0 saturated heterocycles. The third-order valence-electron chi connectivity index (χ3n) is 5.70. The predicted molar refractivity (Wildman–Crippen MR) is 119 cm³/mol. The highest BCUT2D eigenvalue weighted by Crippen LogP contribution is 2.42. The minimum absolute atomic E-state index is 0.000450. The van der Waals surface area contributed by atoms with E-state index in [1.165, 1.54) is 17.0 Å². The molecule has 0 radical (unpaired) electrons. The van der Waals surface area contributed by atoms with Gasteiger partial charge in [0.25, 0.3) is 5.91 Å². The number of anilines is 2.